The van der Waals surface area contributed by atoms with Crippen LogP contribution in [0.4, 0.5) is 4.39 Å². The monoisotopic (exact) mass is 427 g/mol. The molecule has 2 aromatic carbocycles. The van der Waals surface area contributed by atoms with Gasteiger partial charge in [0.1, 0.15) is 5.82 Å². The second-order valence-corrected chi connectivity index (χ2v) is 8.35. The molecule has 1 fully saturated rings. The quantitative estimate of drug-likeness (QED) is 0.641. The number of thiocarbonyl (C=S) groups is 1. The molecule has 6 heteroatoms. The lowest BCUT2D eigenvalue weighted by atomic mass is 9.94. The molecule has 0 atom stereocenters. The van der Waals surface area contributed by atoms with Crippen molar-refractivity contribution in [3.05, 3.63) is 71.0 Å². The van der Waals surface area contributed by atoms with Gasteiger partial charge in [0.05, 0.1) is 6.54 Å². The van der Waals surface area contributed by atoms with Gasteiger partial charge in [-0.1, -0.05) is 61.2 Å². The van der Waals surface area contributed by atoms with E-state index in [1.54, 1.807) is 12.1 Å². The molecule has 1 saturated carbocycles. The molecule has 0 unspecified atom stereocenters. The summed E-state index contributed by atoms with van der Waals surface area (Å²) in [4.78, 5) is 14.5. The van der Waals surface area contributed by atoms with Crippen LogP contribution < -0.4 is 10.6 Å². The van der Waals surface area contributed by atoms with E-state index in [2.05, 4.69) is 46.7 Å². The van der Waals surface area contributed by atoms with E-state index in [1.807, 2.05) is 0 Å². The zero-order chi connectivity index (χ0) is 21.3. The van der Waals surface area contributed by atoms with E-state index in [0.29, 0.717) is 17.7 Å². The molecule has 0 radical (unpaired) electrons. The van der Waals surface area contributed by atoms with Crippen molar-refractivity contribution in [2.45, 2.75) is 58.2 Å². The average Bonchev–Trinajstić information content (AvgIpc) is 2.77. The number of hydrogen-bond donors (Lipinski definition) is 2. The highest BCUT2D eigenvalue weighted by Crippen LogP contribution is 2.24. The fourth-order valence-corrected chi connectivity index (χ4v) is 4.06. The smallest absolute Gasteiger partial charge is 0.239 e. The molecule has 0 spiro atoms. The minimum absolute atomic E-state index is 0.122. The van der Waals surface area contributed by atoms with Gasteiger partial charge in [0, 0.05) is 19.1 Å². The van der Waals surface area contributed by atoms with Crippen LogP contribution in [0.15, 0.2) is 48.5 Å². The summed E-state index contributed by atoms with van der Waals surface area (Å²) in [6, 6.07) is 15.0. The summed E-state index contributed by atoms with van der Waals surface area (Å²) in [5, 5.41) is 6.61. The summed E-state index contributed by atoms with van der Waals surface area (Å²) in [7, 11) is 0. The number of nitrogens with zero attached hydrogens (tertiary/aromatic N) is 1. The Labute approximate surface area is 183 Å². The van der Waals surface area contributed by atoms with E-state index < -0.39 is 0 Å². The summed E-state index contributed by atoms with van der Waals surface area (Å²) in [5.41, 5.74) is 3.31. The molecule has 30 heavy (non-hydrogen) atoms. The second kappa shape index (κ2) is 11.1. The first-order valence-corrected chi connectivity index (χ1v) is 11.0. The normalized spacial score (nSPS) is 14.2. The van der Waals surface area contributed by atoms with Gasteiger partial charge in [-0.2, -0.15) is 0 Å². The molecular formula is C24H30FN3OS. The number of rotatable bonds is 7. The first-order chi connectivity index (χ1) is 14.5. The molecule has 2 N–H and O–H groups in total. The van der Waals surface area contributed by atoms with Crippen LogP contribution in [0.3, 0.4) is 0 Å². The highest BCUT2D eigenvalue weighted by molar-refractivity contribution is 7.80. The lowest BCUT2D eigenvalue weighted by molar-refractivity contribution is -0.120. The summed E-state index contributed by atoms with van der Waals surface area (Å²) in [6.45, 7) is 3.31. The molecular weight excluding hydrogens is 397 g/mol. The predicted octanol–water partition coefficient (Wildman–Crippen LogP) is 4.46. The molecule has 0 heterocycles. The van der Waals surface area contributed by atoms with Gasteiger partial charge in [0.15, 0.2) is 5.11 Å². The van der Waals surface area contributed by atoms with E-state index in [9.17, 15) is 9.18 Å². The van der Waals surface area contributed by atoms with Crippen molar-refractivity contribution < 1.29 is 9.18 Å². The Morgan fingerprint density at radius 3 is 2.30 bits per heavy atom. The lowest BCUT2D eigenvalue weighted by Crippen LogP contribution is -2.48. The number of carbonyl (C=O) groups excluding carboxylic acids is 1. The van der Waals surface area contributed by atoms with Gasteiger partial charge >= 0.3 is 0 Å². The molecule has 0 aromatic heterocycles. The Kier molecular flexibility index (Phi) is 8.20. The van der Waals surface area contributed by atoms with Crippen LogP contribution in [0, 0.1) is 12.7 Å². The van der Waals surface area contributed by atoms with Gasteiger partial charge in [-0.15, -0.1) is 0 Å². The van der Waals surface area contributed by atoms with Gasteiger partial charge < -0.3 is 15.5 Å². The molecule has 0 aliphatic heterocycles. The van der Waals surface area contributed by atoms with Gasteiger partial charge in [-0.05, 0) is 55.2 Å². The highest BCUT2D eigenvalue weighted by Gasteiger charge is 2.23. The Balaban J connectivity index is 1.54. The molecule has 1 amide bonds. The first-order valence-electron chi connectivity index (χ1n) is 10.6. The summed E-state index contributed by atoms with van der Waals surface area (Å²) in [6.07, 6.45) is 5.97. The maximum atomic E-state index is 13.0. The third kappa shape index (κ3) is 6.80. The van der Waals surface area contributed by atoms with Crippen LogP contribution in [0.25, 0.3) is 0 Å². The SMILES string of the molecule is Cc1ccc(CN(C(=S)NCC(=O)NCc2ccc(F)cc2)C2CCCCC2)cc1. The molecule has 2 aromatic rings. The van der Waals surface area contributed by atoms with E-state index >= 15 is 0 Å². The van der Waals surface area contributed by atoms with E-state index in [4.69, 9.17) is 12.2 Å². The van der Waals surface area contributed by atoms with Crippen molar-refractivity contribution >= 4 is 23.2 Å². The number of amides is 1. The Morgan fingerprint density at radius 1 is 1.00 bits per heavy atom. The fraction of sp³-hybridized carbons (Fsp3) is 0.417. The molecule has 0 bridgehead atoms. The second-order valence-electron chi connectivity index (χ2n) is 7.97. The standard InChI is InChI=1S/C24H30FN3OS/c1-18-7-9-20(10-8-18)17-28(22-5-3-2-4-6-22)24(30)27-16-23(29)26-15-19-11-13-21(25)14-12-19/h7-14,22H,2-6,15-17H2,1H3,(H,26,29)(H,27,30). The number of hydrogen-bond acceptors (Lipinski definition) is 2. The third-order valence-corrected chi connectivity index (χ3v) is 5.93. The van der Waals surface area contributed by atoms with Crippen molar-refractivity contribution in [1.82, 2.24) is 15.5 Å². The molecule has 1 aliphatic carbocycles. The molecule has 0 saturated heterocycles. The van der Waals surface area contributed by atoms with Crippen LogP contribution in [-0.2, 0) is 17.9 Å². The van der Waals surface area contributed by atoms with Crippen LogP contribution in [0.1, 0.15) is 48.8 Å². The van der Waals surface area contributed by atoms with E-state index in [0.717, 1.165) is 24.9 Å². The van der Waals surface area contributed by atoms with Gasteiger partial charge in [0.25, 0.3) is 0 Å². The largest absolute Gasteiger partial charge is 0.353 e. The molecule has 4 nitrogen and oxygen atoms in total. The Bertz CT molecular complexity index is 833. The van der Waals surface area contributed by atoms with Crippen LogP contribution >= 0.6 is 12.2 Å². The predicted molar refractivity (Wildman–Crippen MR) is 122 cm³/mol. The third-order valence-electron chi connectivity index (χ3n) is 5.55. The van der Waals surface area contributed by atoms with Gasteiger partial charge in [0.2, 0.25) is 5.91 Å². The van der Waals surface area contributed by atoms with Crippen LogP contribution in [-0.4, -0.2) is 28.5 Å². The van der Waals surface area contributed by atoms with Crippen molar-refractivity contribution in [3.63, 3.8) is 0 Å². The topological polar surface area (TPSA) is 44.4 Å². The number of benzene rings is 2. The zero-order valence-corrected chi connectivity index (χ0v) is 18.3. The number of nitrogens with one attached hydrogen (secondary N) is 2. The lowest BCUT2D eigenvalue weighted by Gasteiger charge is -2.36. The fourth-order valence-electron chi connectivity index (χ4n) is 3.77. The molecule has 1 aliphatic rings. The van der Waals surface area contributed by atoms with Gasteiger partial charge in [-0.25, -0.2) is 4.39 Å². The highest BCUT2D eigenvalue weighted by atomic mass is 32.1. The summed E-state index contributed by atoms with van der Waals surface area (Å²) < 4.78 is 13.0. The zero-order valence-electron chi connectivity index (χ0n) is 17.5. The summed E-state index contributed by atoms with van der Waals surface area (Å²) in [5.74, 6) is -0.422. The average molecular weight is 428 g/mol. The van der Waals surface area contributed by atoms with Gasteiger partial charge in [-0.3, -0.25) is 4.79 Å². The van der Waals surface area contributed by atoms with Crippen molar-refractivity contribution in [2.75, 3.05) is 6.54 Å². The van der Waals surface area contributed by atoms with Crippen molar-refractivity contribution in [2.24, 2.45) is 0 Å². The van der Waals surface area contributed by atoms with Crippen LogP contribution in [0.2, 0.25) is 0 Å². The minimum atomic E-state index is -0.284. The van der Waals surface area contributed by atoms with Crippen LogP contribution in [0.5, 0.6) is 0 Å². The molecule has 3 rings (SSSR count). The molecule has 160 valence electrons. The number of aryl methyl sites for hydroxylation is 1. The maximum Gasteiger partial charge on any atom is 0.239 e. The summed E-state index contributed by atoms with van der Waals surface area (Å²) >= 11 is 5.68. The first kappa shape index (κ1) is 22.2. The van der Waals surface area contributed by atoms with Crippen molar-refractivity contribution in [1.29, 1.82) is 0 Å². The Hall–Kier alpha value is -2.47. The maximum absolute atomic E-state index is 13.0. The Morgan fingerprint density at radius 2 is 1.63 bits per heavy atom. The van der Waals surface area contributed by atoms with Crippen molar-refractivity contribution in [3.8, 4) is 0 Å². The number of carbonyl (C=O) groups is 1. The van der Waals surface area contributed by atoms with E-state index in [1.165, 1.54) is 42.5 Å². The number of halogens is 1. The van der Waals surface area contributed by atoms with E-state index in [-0.39, 0.29) is 18.3 Å². The minimum Gasteiger partial charge on any atom is -0.353 e.